The van der Waals surface area contributed by atoms with Gasteiger partial charge in [0.25, 0.3) is 0 Å². The van der Waals surface area contributed by atoms with Gasteiger partial charge >= 0.3 is 0 Å². The summed E-state index contributed by atoms with van der Waals surface area (Å²) in [6.07, 6.45) is 3.40. The Kier molecular flexibility index (Phi) is 2.52. The third-order valence-electron chi connectivity index (χ3n) is 2.45. The molecular weight excluding hydrogens is 210 g/mol. The van der Waals surface area contributed by atoms with Crippen molar-refractivity contribution in [3.63, 3.8) is 0 Å². The average molecular weight is 221 g/mol. The number of Topliss-reactive ketones (excluding diaryl/α,β-unsaturated/α-hetero) is 2. The Bertz CT molecular complexity index is 457. The van der Waals surface area contributed by atoms with Crippen molar-refractivity contribution in [3.8, 4) is 0 Å². The number of hydrogen-bond acceptors (Lipinski definition) is 5. The summed E-state index contributed by atoms with van der Waals surface area (Å²) in [6.45, 7) is 0.525. The van der Waals surface area contributed by atoms with E-state index in [9.17, 15) is 9.59 Å². The van der Waals surface area contributed by atoms with Crippen LogP contribution in [0.4, 0.5) is 0 Å². The predicted molar refractivity (Wildman–Crippen MR) is 55.2 cm³/mol. The van der Waals surface area contributed by atoms with Gasteiger partial charge in [0.05, 0.1) is 25.5 Å². The van der Waals surface area contributed by atoms with Gasteiger partial charge < -0.3 is 14.8 Å². The lowest BCUT2D eigenvalue weighted by Crippen LogP contribution is -2.34. The van der Waals surface area contributed by atoms with E-state index >= 15 is 0 Å². The molecule has 1 aliphatic heterocycles. The lowest BCUT2D eigenvalue weighted by Gasteiger charge is -2.22. The predicted octanol–water partition coefficient (Wildman–Crippen LogP) is 0.0561. The van der Waals surface area contributed by atoms with Crippen LogP contribution in [0.3, 0.4) is 0 Å². The number of carbonyl (C=O) groups is 2. The lowest BCUT2D eigenvalue weighted by molar-refractivity contribution is -0.121. The molecule has 0 amide bonds. The summed E-state index contributed by atoms with van der Waals surface area (Å²) in [5.74, 6) is -0.774. The molecule has 2 rings (SSSR count). The maximum Gasteiger partial charge on any atom is 0.248 e. The first-order valence-electron chi connectivity index (χ1n) is 4.77. The Hall–Kier alpha value is -2.04. The van der Waals surface area contributed by atoms with Crippen molar-refractivity contribution >= 4 is 11.6 Å². The third kappa shape index (κ3) is 1.32. The highest BCUT2D eigenvalue weighted by atomic mass is 16.5. The molecule has 0 saturated carbocycles. The van der Waals surface area contributed by atoms with Crippen LogP contribution in [0.15, 0.2) is 34.9 Å². The van der Waals surface area contributed by atoms with E-state index in [2.05, 4.69) is 5.32 Å². The van der Waals surface area contributed by atoms with E-state index in [1.165, 1.54) is 14.2 Å². The summed E-state index contributed by atoms with van der Waals surface area (Å²) in [7, 11) is 2.68. The number of ketones is 2. The molecule has 1 N–H and O–H groups in total. The number of ether oxygens (including phenoxy) is 2. The number of dihydropyridines is 1. The SMILES string of the molecule is COC1=C(OC)C(=O)C2=C(C=CCN2)C1=O. The summed E-state index contributed by atoms with van der Waals surface area (Å²) in [5, 5.41) is 2.86. The van der Waals surface area contributed by atoms with Crippen molar-refractivity contribution in [1.82, 2.24) is 5.32 Å². The number of carbonyl (C=O) groups excluding carboxylic acids is 2. The molecule has 1 heterocycles. The van der Waals surface area contributed by atoms with E-state index in [1.54, 1.807) is 12.2 Å². The Morgan fingerprint density at radius 3 is 2.38 bits per heavy atom. The highest BCUT2D eigenvalue weighted by Gasteiger charge is 2.36. The van der Waals surface area contributed by atoms with Crippen LogP contribution in [-0.2, 0) is 19.1 Å². The van der Waals surface area contributed by atoms with Crippen LogP contribution in [0.2, 0.25) is 0 Å². The van der Waals surface area contributed by atoms with Crippen molar-refractivity contribution in [2.45, 2.75) is 0 Å². The Morgan fingerprint density at radius 2 is 1.75 bits per heavy atom. The second-order valence-electron chi connectivity index (χ2n) is 3.30. The van der Waals surface area contributed by atoms with Crippen LogP contribution in [0, 0.1) is 0 Å². The van der Waals surface area contributed by atoms with Crippen LogP contribution in [0.1, 0.15) is 0 Å². The normalized spacial score (nSPS) is 19.6. The zero-order valence-electron chi connectivity index (χ0n) is 8.99. The van der Waals surface area contributed by atoms with Crippen molar-refractivity contribution < 1.29 is 19.1 Å². The summed E-state index contributed by atoms with van der Waals surface area (Å²) in [5.41, 5.74) is 0.610. The van der Waals surface area contributed by atoms with Crippen LogP contribution in [-0.4, -0.2) is 32.3 Å². The second kappa shape index (κ2) is 3.84. The van der Waals surface area contributed by atoms with Gasteiger partial charge in [-0.15, -0.1) is 0 Å². The maximum absolute atomic E-state index is 11.9. The van der Waals surface area contributed by atoms with E-state index in [-0.39, 0.29) is 28.8 Å². The van der Waals surface area contributed by atoms with Gasteiger partial charge in [-0.05, 0) is 0 Å². The zero-order valence-corrected chi connectivity index (χ0v) is 8.99. The largest absolute Gasteiger partial charge is 0.489 e. The molecule has 0 atom stereocenters. The number of rotatable bonds is 2. The fourth-order valence-electron chi connectivity index (χ4n) is 1.72. The summed E-state index contributed by atoms with van der Waals surface area (Å²) in [4.78, 5) is 23.9. The van der Waals surface area contributed by atoms with Gasteiger partial charge in [0.2, 0.25) is 23.1 Å². The van der Waals surface area contributed by atoms with E-state index in [1.807, 2.05) is 0 Å². The monoisotopic (exact) mass is 221 g/mol. The number of methoxy groups -OCH3 is 2. The van der Waals surface area contributed by atoms with Gasteiger partial charge in [0.1, 0.15) is 0 Å². The fraction of sp³-hybridized carbons (Fsp3) is 0.273. The molecule has 0 aromatic heterocycles. The van der Waals surface area contributed by atoms with Crippen molar-refractivity contribution in [2.75, 3.05) is 20.8 Å². The number of nitrogens with one attached hydrogen (secondary N) is 1. The quantitative estimate of drug-likeness (QED) is 0.668. The molecule has 5 heteroatoms. The molecule has 0 bridgehead atoms. The van der Waals surface area contributed by atoms with E-state index < -0.39 is 0 Å². The lowest BCUT2D eigenvalue weighted by atomic mass is 9.94. The minimum absolute atomic E-state index is 0.0420. The first-order valence-corrected chi connectivity index (χ1v) is 4.77. The van der Waals surface area contributed by atoms with Gasteiger partial charge in [-0.25, -0.2) is 0 Å². The Balaban J connectivity index is 2.54. The highest BCUT2D eigenvalue weighted by Crippen LogP contribution is 2.26. The highest BCUT2D eigenvalue weighted by molar-refractivity contribution is 6.24. The average Bonchev–Trinajstić information content (AvgIpc) is 2.33. The minimum Gasteiger partial charge on any atom is -0.489 e. The standard InChI is InChI=1S/C11H11NO4/c1-15-10-8(13)6-4-3-5-12-7(6)9(14)11(10)16-2/h3-4,12H,5H2,1-2H3. The van der Waals surface area contributed by atoms with Gasteiger partial charge in [0.15, 0.2) is 0 Å². The molecule has 1 aliphatic carbocycles. The molecule has 0 saturated heterocycles. The molecule has 0 radical (unpaired) electrons. The molecule has 16 heavy (non-hydrogen) atoms. The Morgan fingerprint density at radius 1 is 1.12 bits per heavy atom. The maximum atomic E-state index is 11.9. The molecule has 0 spiro atoms. The van der Waals surface area contributed by atoms with Crippen LogP contribution in [0.25, 0.3) is 0 Å². The minimum atomic E-state index is -0.349. The number of hydrogen-bond donors (Lipinski definition) is 1. The van der Waals surface area contributed by atoms with Crippen LogP contribution in [0.5, 0.6) is 0 Å². The van der Waals surface area contributed by atoms with Crippen LogP contribution < -0.4 is 5.32 Å². The molecule has 0 unspecified atom stereocenters. The number of allylic oxidation sites excluding steroid dienone is 2. The summed E-state index contributed by atoms with van der Waals surface area (Å²) in [6, 6.07) is 0. The van der Waals surface area contributed by atoms with Crippen LogP contribution >= 0.6 is 0 Å². The van der Waals surface area contributed by atoms with E-state index in [0.717, 1.165) is 0 Å². The molecular formula is C11H11NO4. The zero-order chi connectivity index (χ0) is 11.7. The van der Waals surface area contributed by atoms with Gasteiger partial charge in [-0.3, -0.25) is 9.59 Å². The smallest absolute Gasteiger partial charge is 0.248 e. The molecule has 0 aromatic rings. The van der Waals surface area contributed by atoms with Crippen molar-refractivity contribution in [1.29, 1.82) is 0 Å². The first kappa shape index (κ1) is 10.5. The molecule has 84 valence electrons. The van der Waals surface area contributed by atoms with Gasteiger partial charge in [-0.1, -0.05) is 12.2 Å². The second-order valence-corrected chi connectivity index (χ2v) is 3.30. The fourth-order valence-corrected chi connectivity index (χ4v) is 1.72. The first-order chi connectivity index (χ1) is 7.70. The summed E-state index contributed by atoms with van der Waals surface area (Å²) < 4.78 is 9.83. The third-order valence-corrected chi connectivity index (χ3v) is 2.45. The van der Waals surface area contributed by atoms with Crippen molar-refractivity contribution in [3.05, 3.63) is 34.9 Å². The molecule has 2 aliphatic rings. The summed E-state index contributed by atoms with van der Waals surface area (Å²) >= 11 is 0. The van der Waals surface area contributed by atoms with Gasteiger partial charge in [0, 0.05) is 6.54 Å². The molecule has 0 fully saturated rings. The van der Waals surface area contributed by atoms with Gasteiger partial charge in [-0.2, -0.15) is 0 Å². The molecule has 5 nitrogen and oxygen atoms in total. The van der Waals surface area contributed by atoms with E-state index in [4.69, 9.17) is 9.47 Å². The van der Waals surface area contributed by atoms with Crippen molar-refractivity contribution in [2.24, 2.45) is 0 Å². The molecule has 0 aromatic carbocycles. The topological polar surface area (TPSA) is 64.6 Å². The van der Waals surface area contributed by atoms with E-state index in [0.29, 0.717) is 12.1 Å². The Labute approximate surface area is 92.4 Å².